The maximum absolute atomic E-state index is 12.3. The Bertz CT molecular complexity index is 315. The van der Waals surface area contributed by atoms with Gasteiger partial charge in [0.15, 0.2) is 0 Å². The number of hydrogen-bond donors (Lipinski definition) is 0. The molecule has 3 fully saturated rings. The third-order valence-electron chi connectivity index (χ3n) is 4.56. The molecule has 2 aliphatic heterocycles. The van der Waals surface area contributed by atoms with E-state index < -0.39 is 0 Å². The van der Waals surface area contributed by atoms with Gasteiger partial charge in [-0.15, -0.1) is 0 Å². The minimum Gasteiger partial charge on any atom is -0.378 e. The summed E-state index contributed by atoms with van der Waals surface area (Å²) < 4.78 is 5.51. The van der Waals surface area contributed by atoms with E-state index in [0.29, 0.717) is 11.9 Å². The molecule has 0 aromatic carbocycles. The molecule has 18 heavy (non-hydrogen) atoms. The smallest absolute Gasteiger partial charge is 0.228 e. The van der Waals surface area contributed by atoms with Crippen molar-refractivity contribution in [3.8, 4) is 0 Å². The molecular formula is C14H24N2O2. The third kappa shape index (κ3) is 2.41. The van der Waals surface area contributed by atoms with Gasteiger partial charge in [-0.3, -0.25) is 9.69 Å². The number of likely N-dealkylation sites (tertiary alicyclic amines) is 2. The molecule has 3 unspecified atom stereocenters. The highest BCUT2D eigenvalue weighted by Crippen LogP contribution is 2.36. The summed E-state index contributed by atoms with van der Waals surface area (Å²) in [6, 6.07) is 0.626. The average molecular weight is 252 g/mol. The van der Waals surface area contributed by atoms with Crippen LogP contribution < -0.4 is 0 Å². The number of nitrogens with zero attached hydrogens (tertiary/aromatic N) is 2. The molecule has 102 valence electrons. The van der Waals surface area contributed by atoms with Crippen molar-refractivity contribution in [2.45, 2.75) is 44.8 Å². The topological polar surface area (TPSA) is 32.8 Å². The van der Waals surface area contributed by atoms with Crippen LogP contribution in [0.1, 0.15) is 32.6 Å². The maximum Gasteiger partial charge on any atom is 0.228 e. The molecule has 0 aromatic heterocycles. The van der Waals surface area contributed by atoms with Gasteiger partial charge in [0.2, 0.25) is 5.91 Å². The number of hydrogen-bond acceptors (Lipinski definition) is 3. The predicted molar refractivity (Wildman–Crippen MR) is 69.3 cm³/mol. The van der Waals surface area contributed by atoms with Crippen LogP contribution in [0.15, 0.2) is 0 Å². The van der Waals surface area contributed by atoms with Gasteiger partial charge >= 0.3 is 0 Å². The van der Waals surface area contributed by atoms with Gasteiger partial charge < -0.3 is 9.64 Å². The van der Waals surface area contributed by atoms with Crippen LogP contribution >= 0.6 is 0 Å². The number of carbonyl (C=O) groups is 1. The maximum atomic E-state index is 12.3. The lowest BCUT2D eigenvalue weighted by Gasteiger charge is -2.23. The monoisotopic (exact) mass is 252 g/mol. The van der Waals surface area contributed by atoms with E-state index in [9.17, 15) is 4.79 Å². The molecule has 4 heteroatoms. The summed E-state index contributed by atoms with van der Waals surface area (Å²) in [5.41, 5.74) is 0. The van der Waals surface area contributed by atoms with Crippen molar-refractivity contribution in [3.05, 3.63) is 0 Å². The highest BCUT2D eigenvalue weighted by Gasteiger charge is 2.47. The molecule has 3 aliphatic rings. The Balaban J connectivity index is 1.48. The highest BCUT2D eigenvalue weighted by atomic mass is 16.5. The Kier molecular flexibility index (Phi) is 3.57. The Labute approximate surface area is 109 Å². The van der Waals surface area contributed by atoms with E-state index in [1.54, 1.807) is 0 Å². The zero-order chi connectivity index (χ0) is 12.5. The SMILES string of the molecule is CCOC1CC1C(=O)N1CCC(N2CCCC2)C1. The molecule has 2 saturated heterocycles. The van der Waals surface area contributed by atoms with E-state index in [-0.39, 0.29) is 12.0 Å². The number of amides is 1. The van der Waals surface area contributed by atoms with E-state index in [0.717, 1.165) is 32.5 Å². The summed E-state index contributed by atoms with van der Waals surface area (Å²) in [5.74, 6) is 0.512. The van der Waals surface area contributed by atoms with Crippen LogP contribution in [0.5, 0.6) is 0 Å². The minimum absolute atomic E-state index is 0.169. The van der Waals surface area contributed by atoms with Crippen LogP contribution in [-0.2, 0) is 9.53 Å². The van der Waals surface area contributed by atoms with Crippen LogP contribution in [-0.4, -0.2) is 60.6 Å². The van der Waals surface area contributed by atoms with Gasteiger partial charge in [-0.2, -0.15) is 0 Å². The van der Waals surface area contributed by atoms with Gasteiger partial charge in [0.05, 0.1) is 12.0 Å². The van der Waals surface area contributed by atoms with Crippen molar-refractivity contribution in [3.63, 3.8) is 0 Å². The molecule has 0 radical (unpaired) electrons. The van der Waals surface area contributed by atoms with Gasteiger partial charge in [-0.05, 0) is 45.7 Å². The molecule has 0 spiro atoms. The summed E-state index contributed by atoms with van der Waals surface area (Å²) in [6.45, 7) is 7.10. The van der Waals surface area contributed by atoms with E-state index in [2.05, 4.69) is 9.80 Å². The first-order chi connectivity index (χ1) is 8.79. The largest absolute Gasteiger partial charge is 0.378 e. The van der Waals surface area contributed by atoms with Gasteiger partial charge in [0.25, 0.3) is 0 Å². The van der Waals surface area contributed by atoms with E-state index in [1.807, 2.05) is 6.92 Å². The molecule has 1 amide bonds. The summed E-state index contributed by atoms with van der Waals surface area (Å²) >= 11 is 0. The molecule has 4 nitrogen and oxygen atoms in total. The Morgan fingerprint density at radius 3 is 2.78 bits per heavy atom. The highest BCUT2D eigenvalue weighted by molar-refractivity contribution is 5.82. The molecule has 2 heterocycles. The lowest BCUT2D eigenvalue weighted by molar-refractivity contribution is -0.132. The van der Waals surface area contributed by atoms with Gasteiger partial charge in [0, 0.05) is 25.7 Å². The van der Waals surface area contributed by atoms with Crippen molar-refractivity contribution in [1.82, 2.24) is 9.80 Å². The zero-order valence-corrected chi connectivity index (χ0v) is 11.3. The molecule has 0 N–H and O–H groups in total. The standard InChI is InChI=1S/C14H24N2O2/c1-2-18-13-9-12(13)14(17)16-8-5-11(10-16)15-6-3-4-7-15/h11-13H,2-10H2,1H3. The van der Waals surface area contributed by atoms with Gasteiger partial charge in [-0.25, -0.2) is 0 Å². The van der Waals surface area contributed by atoms with Crippen molar-refractivity contribution < 1.29 is 9.53 Å². The second-order valence-corrected chi connectivity index (χ2v) is 5.81. The quantitative estimate of drug-likeness (QED) is 0.751. The second-order valence-electron chi connectivity index (χ2n) is 5.81. The molecule has 0 aromatic rings. The van der Waals surface area contributed by atoms with Crippen molar-refractivity contribution >= 4 is 5.91 Å². The second kappa shape index (κ2) is 5.17. The van der Waals surface area contributed by atoms with Gasteiger partial charge in [0.1, 0.15) is 0 Å². The molecule has 3 rings (SSSR count). The molecule has 3 atom stereocenters. The normalized spacial score (nSPS) is 36.3. The Morgan fingerprint density at radius 1 is 1.28 bits per heavy atom. The first-order valence-electron chi connectivity index (χ1n) is 7.44. The first-order valence-corrected chi connectivity index (χ1v) is 7.44. The van der Waals surface area contributed by atoms with Crippen LogP contribution in [0, 0.1) is 5.92 Å². The number of ether oxygens (including phenoxy) is 1. The van der Waals surface area contributed by atoms with Crippen molar-refractivity contribution in [2.24, 2.45) is 5.92 Å². The fourth-order valence-corrected chi connectivity index (χ4v) is 3.41. The van der Waals surface area contributed by atoms with E-state index in [4.69, 9.17) is 4.74 Å². The molecule has 0 bridgehead atoms. The van der Waals surface area contributed by atoms with E-state index >= 15 is 0 Å². The fourth-order valence-electron chi connectivity index (χ4n) is 3.41. The van der Waals surface area contributed by atoms with Crippen LogP contribution in [0.3, 0.4) is 0 Å². The zero-order valence-electron chi connectivity index (χ0n) is 11.3. The minimum atomic E-state index is 0.169. The van der Waals surface area contributed by atoms with E-state index in [1.165, 1.54) is 25.9 Å². The molecule has 1 aliphatic carbocycles. The lowest BCUT2D eigenvalue weighted by atomic mass is 10.2. The number of carbonyl (C=O) groups excluding carboxylic acids is 1. The summed E-state index contributed by atoms with van der Waals surface area (Å²) in [5, 5.41) is 0. The molecule has 1 saturated carbocycles. The van der Waals surface area contributed by atoms with Gasteiger partial charge in [-0.1, -0.05) is 0 Å². The predicted octanol–water partition coefficient (Wildman–Crippen LogP) is 1.11. The first kappa shape index (κ1) is 12.4. The molecular weight excluding hydrogens is 228 g/mol. The lowest BCUT2D eigenvalue weighted by Crippen LogP contribution is -2.37. The average Bonchev–Trinajstić information content (AvgIpc) is 2.86. The van der Waals surface area contributed by atoms with Crippen LogP contribution in [0.2, 0.25) is 0 Å². The summed E-state index contributed by atoms with van der Waals surface area (Å²) in [4.78, 5) is 16.9. The fraction of sp³-hybridized carbons (Fsp3) is 0.929. The number of rotatable bonds is 4. The van der Waals surface area contributed by atoms with Crippen LogP contribution in [0.4, 0.5) is 0 Å². The van der Waals surface area contributed by atoms with Crippen molar-refractivity contribution in [2.75, 3.05) is 32.8 Å². The Hall–Kier alpha value is -0.610. The van der Waals surface area contributed by atoms with Crippen LogP contribution in [0.25, 0.3) is 0 Å². The third-order valence-corrected chi connectivity index (χ3v) is 4.56. The Morgan fingerprint density at radius 2 is 2.06 bits per heavy atom. The summed E-state index contributed by atoms with van der Waals surface area (Å²) in [7, 11) is 0. The summed E-state index contributed by atoms with van der Waals surface area (Å²) in [6.07, 6.45) is 4.99. The van der Waals surface area contributed by atoms with Crippen molar-refractivity contribution in [1.29, 1.82) is 0 Å².